The van der Waals surface area contributed by atoms with Gasteiger partial charge in [0.2, 0.25) is 0 Å². The number of allylic oxidation sites excluding steroid dienone is 1. The van der Waals surface area contributed by atoms with Gasteiger partial charge in [0.25, 0.3) is 0 Å². The SMILES string of the molecule is C=C(C(C)C)C1(c2ccc(Cl)cc2)CCNC1.C=C(C(CCN)c1ccc(Br)cc1)C(C)(C)C.CC(C)(C)C(=O)C(C)(CCN)c1ccc(Cl)cc1.CC(C)C(=O)C(C)(CCN)c1ccc(Cl)cc1.CC(C)C(=O)C(CCN)c1ccc(Br)cc1.CC(C)C(=O)C1(c2ccc(Cl)cc2)CCCCC1. The molecule has 5 atom stereocenters. The second-order valence-electron chi connectivity index (χ2n) is 31.4. The van der Waals surface area contributed by atoms with Gasteiger partial charge in [-0.15, -0.1) is 0 Å². The van der Waals surface area contributed by atoms with Crippen molar-refractivity contribution in [2.75, 3.05) is 39.3 Å². The van der Waals surface area contributed by atoms with Crippen molar-refractivity contribution in [2.45, 2.75) is 208 Å². The third-order valence-electron chi connectivity index (χ3n) is 20.2. The Balaban J connectivity index is 0.000000321. The van der Waals surface area contributed by atoms with Gasteiger partial charge in [-0.2, -0.15) is 0 Å². The average molecular weight is 1620 g/mol. The molecule has 15 heteroatoms. The fourth-order valence-electron chi connectivity index (χ4n) is 14.0. The summed E-state index contributed by atoms with van der Waals surface area (Å²) in [5, 5.41) is 6.36. The van der Waals surface area contributed by atoms with Crippen LogP contribution in [0.2, 0.25) is 20.1 Å². The molecular formula is C88H123Br2Cl4N5O4. The molecule has 1 aliphatic carbocycles. The molecule has 2 fully saturated rings. The van der Waals surface area contributed by atoms with E-state index in [4.69, 9.17) is 69.3 Å². The average Bonchev–Trinajstić information content (AvgIpc) is 1.78. The Kier molecular flexibility index (Phi) is 39.0. The summed E-state index contributed by atoms with van der Waals surface area (Å²) in [5.74, 6) is 2.06. The fourth-order valence-corrected chi connectivity index (χ4v) is 15.0. The van der Waals surface area contributed by atoms with E-state index in [0.29, 0.717) is 66.7 Å². The van der Waals surface area contributed by atoms with Crippen LogP contribution in [0, 0.1) is 34.5 Å². The van der Waals surface area contributed by atoms with E-state index in [-0.39, 0.29) is 62.7 Å². The highest BCUT2D eigenvalue weighted by atomic mass is 79.9. The molecule has 566 valence electrons. The monoisotopic (exact) mass is 1610 g/mol. The second kappa shape index (κ2) is 43.4. The molecule has 0 amide bonds. The lowest BCUT2D eigenvalue weighted by Crippen LogP contribution is -2.42. The van der Waals surface area contributed by atoms with Crippen molar-refractivity contribution >= 4 is 101 Å². The maximum absolute atomic E-state index is 12.7. The van der Waals surface area contributed by atoms with Gasteiger partial charge in [-0.25, -0.2) is 0 Å². The van der Waals surface area contributed by atoms with Crippen LogP contribution in [0.3, 0.4) is 0 Å². The molecule has 103 heavy (non-hydrogen) atoms. The number of Topliss-reactive ketones (excluding diaryl/α,β-unsaturated/α-hetero) is 4. The minimum Gasteiger partial charge on any atom is -0.330 e. The van der Waals surface area contributed by atoms with Gasteiger partial charge in [-0.1, -0.05) is 292 Å². The molecule has 1 heterocycles. The summed E-state index contributed by atoms with van der Waals surface area (Å²) in [6.45, 7) is 45.4. The summed E-state index contributed by atoms with van der Waals surface area (Å²) in [7, 11) is 0. The summed E-state index contributed by atoms with van der Waals surface area (Å²) in [5.41, 5.74) is 30.6. The summed E-state index contributed by atoms with van der Waals surface area (Å²) >= 11 is 30.5. The van der Waals surface area contributed by atoms with Gasteiger partial charge in [0.15, 0.2) is 0 Å². The minimum absolute atomic E-state index is 0.00206. The van der Waals surface area contributed by atoms with Crippen molar-refractivity contribution in [3.05, 3.63) is 232 Å². The number of nitrogens with one attached hydrogen (secondary N) is 1. The van der Waals surface area contributed by atoms with E-state index in [9.17, 15) is 19.2 Å². The van der Waals surface area contributed by atoms with Crippen molar-refractivity contribution in [2.24, 2.45) is 57.4 Å². The quantitative estimate of drug-likeness (QED) is 0.0368. The number of hydrogen-bond acceptors (Lipinski definition) is 9. The van der Waals surface area contributed by atoms with Crippen molar-refractivity contribution in [1.82, 2.24) is 5.32 Å². The lowest BCUT2D eigenvalue weighted by atomic mass is 9.64. The minimum atomic E-state index is -0.544. The van der Waals surface area contributed by atoms with Crippen LogP contribution < -0.4 is 28.3 Å². The van der Waals surface area contributed by atoms with E-state index < -0.39 is 10.8 Å². The van der Waals surface area contributed by atoms with Crippen LogP contribution in [0.25, 0.3) is 0 Å². The van der Waals surface area contributed by atoms with E-state index in [0.717, 1.165) is 99.3 Å². The Labute approximate surface area is 658 Å². The summed E-state index contributed by atoms with van der Waals surface area (Å²) < 4.78 is 2.13. The van der Waals surface area contributed by atoms with Crippen molar-refractivity contribution in [1.29, 1.82) is 0 Å². The number of nitrogens with two attached hydrogens (primary N) is 4. The normalized spacial score (nSPS) is 16.6. The molecule has 6 aromatic carbocycles. The Bertz CT molecular complexity index is 3570. The number of hydrogen-bond donors (Lipinski definition) is 5. The molecule has 0 spiro atoms. The van der Waals surface area contributed by atoms with Gasteiger partial charge >= 0.3 is 0 Å². The van der Waals surface area contributed by atoms with Crippen LogP contribution in [0.15, 0.2) is 179 Å². The topological polar surface area (TPSA) is 184 Å². The lowest BCUT2D eigenvalue weighted by molar-refractivity contribution is -0.132. The van der Waals surface area contributed by atoms with Crippen molar-refractivity contribution in [3.63, 3.8) is 0 Å². The highest BCUT2D eigenvalue weighted by Crippen LogP contribution is 2.44. The zero-order valence-corrected chi connectivity index (χ0v) is 71.0. The second-order valence-corrected chi connectivity index (χ2v) is 35.0. The number of carbonyl (C=O) groups excluding carboxylic acids is 4. The summed E-state index contributed by atoms with van der Waals surface area (Å²) in [6, 6.07) is 47.4. The molecular weight excluding hydrogens is 1490 g/mol. The molecule has 6 aromatic rings. The first-order valence-electron chi connectivity index (χ1n) is 36.8. The highest BCUT2D eigenvalue weighted by molar-refractivity contribution is 9.10. The summed E-state index contributed by atoms with van der Waals surface area (Å²) in [4.78, 5) is 49.7. The largest absolute Gasteiger partial charge is 0.330 e. The lowest BCUT2D eigenvalue weighted by Gasteiger charge is -2.37. The van der Waals surface area contributed by atoms with Crippen LogP contribution in [-0.2, 0) is 40.8 Å². The molecule has 1 saturated heterocycles. The first kappa shape index (κ1) is 92.6. The predicted octanol–water partition coefficient (Wildman–Crippen LogP) is 22.9. The van der Waals surface area contributed by atoms with Crippen LogP contribution >= 0.6 is 78.3 Å². The predicted molar refractivity (Wildman–Crippen MR) is 449 cm³/mol. The third-order valence-corrected chi connectivity index (χ3v) is 22.3. The van der Waals surface area contributed by atoms with Gasteiger partial charge in [-0.05, 0) is 209 Å². The van der Waals surface area contributed by atoms with E-state index in [1.165, 1.54) is 28.7 Å². The molecule has 0 radical (unpaired) electrons. The summed E-state index contributed by atoms with van der Waals surface area (Å²) in [6.07, 6.45) is 9.65. The standard InChI is InChI=1S/C16H21ClO.C15H22BrN.C15H22ClNO.C15H20ClN.C14H20ClNO.C13H18BrNO/c1-12(2)15(18)16(10-4-3-5-11-16)13-6-8-14(17)9-7-13;1-11(15(2,3)4)14(9-10-17)12-5-7-13(16)8-6-12;1-14(2,3)13(18)15(4,9-10-17)11-5-7-12(16)8-6-11;1-11(2)12(3)15(8-9-17-10-15)13-4-6-14(16)7-5-13;1-10(2)13(17)14(3,8-9-16)11-4-6-12(15)7-5-11;1-9(2)13(16)12(7-8-15)10-3-5-11(14)6-4-10/h6-9,12H,3-5,10-11H2,1-2H3;5-8,14H,1,9-10,17H2,2-4H3;5-8H,9-10,17H2,1-4H3;4-7,11,17H,3,8-10H2,1-2H3;4-7,10H,8-9,16H2,1-3H3;3-6,9,12H,7-8,15H2,1-2H3. The maximum Gasteiger partial charge on any atom is 0.148 e. The van der Waals surface area contributed by atoms with Crippen LogP contribution in [0.4, 0.5) is 0 Å². The van der Waals surface area contributed by atoms with Crippen molar-refractivity contribution in [3.8, 4) is 0 Å². The van der Waals surface area contributed by atoms with Crippen LogP contribution in [-0.4, -0.2) is 62.4 Å². The molecule has 1 aliphatic heterocycles. The van der Waals surface area contributed by atoms with Gasteiger partial charge in [0, 0.05) is 76.0 Å². The number of halogens is 6. The van der Waals surface area contributed by atoms with Gasteiger partial charge in [0.1, 0.15) is 23.1 Å². The van der Waals surface area contributed by atoms with Crippen LogP contribution in [0.5, 0.6) is 0 Å². The van der Waals surface area contributed by atoms with Crippen molar-refractivity contribution < 1.29 is 19.2 Å². The Morgan fingerprint density at radius 3 is 1.17 bits per heavy atom. The molecule has 2 aliphatic rings. The first-order valence-corrected chi connectivity index (χ1v) is 39.9. The molecule has 8 rings (SSSR count). The first-order chi connectivity index (χ1) is 48.2. The molecule has 1 saturated carbocycles. The number of rotatable bonds is 24. The Morgan fingerprint density at radius 2 is 0.835 bits per heavy atom. The number of ketones is 4. The zero-order chi connectivity index (χ0) is 77.8. The van der Waals surface area contributed by atoms with E-state index >= 15 is 0 Å². The Morgan fingerprint density at radius 1 is 0.456 bits per heavy atom. The van der Waals surface area contributed by atoms with Gasteiger partial charge < -0.3 is 28.3 Å². The molecule has 5 unspecified atom stereocenters. The molecule has 0 aromatic heterocycles. The number of carbonyl (C=O) groups is 4. The zero-order valence-electron chi connectivity index (χ0n) is 64.8. The number of benzene rings is 6. The van der Waals surface area contributed by atoms with E-state index in [2.05, 4.69) is 121 Å². The molecule has 0 bridgehead atoms. The third kappa shape index (κ3) is 27.2. The van der Waals surface area contributed by atoms with Gasteiger partial charge in [0.05, 0.1) is 16.2 Å². The van der Waals surface area contributed by atoms with Crippen LogP contribution in [0.1, 0.15) is 220 Å². The van der Waals surface area contributed by atoms with E-state index in [1.807, 2.05) is 185 Å². The fraction of sp³-hybridized carbons (Fsp3) is 0.500. The van der Waals surface area contributed by atoms with Gasteiger partial charge in [-0.3, -0.25) is 19.2 Å². The van der Waals surface area contributed by atoms with E-state index in [1.54, 1.807) is 0 Å². The molecule has 9 N–H and O–H groups in total. The maximum atomic E-state index is 12.7. The highest BCUT2D eigenvalue weighted by Gasteiger charge is 2.43. The smallest absolute Gasteiger partial charge is 0.148 e. The Hall–Kier alpha value is -4.60. The molecule has 9 nitrogen and oxygen atoms in total.